The van der Waals surface area contributed by atoms with E-state index in [-0.39, 0.29) is 6.10 Å². The molecule has 0 amide bonds. The molecule has 1 unspecified atom stereocenters. The molecule has 0 heterocycles. The zero-order valence-electron chi connectivity index (χ0n) is 14.6. The van der Waals surface area contributed by atoms with Crippen molar-refractivity contribution in [2.45, 2.75) is 19.4 Å². The summed E-state index contributed by atoms with van der Waals surface area (Å²) in [6.07, 6.45) is 0.442. The van der Waals surface area contributed by atoms with Gasteiger partial charge in [0.2, 0.25) is 0 Å². The first-order valence-electron chi connectivity index (χ1n) is 8.57. The Balaban J connectivity index is 1.76. The van der Waals surface area contributed by atoms with Gasteiger partial charge in [-0.2, -0.15) is 0 Å². The SMILES string of the molecule is CC(O)CNCCOCCOc1ccc(Cl)cc1Cc1ccccc1. The lowest BCUT2D eigenvalue weighted by atomic mass is 10.0. The minimum Gasteiger partial charge on any atom is -0.491 e. The van der Waals surface area contributed by atoms with Crippen LogP contribution in [0.2, 0.25) is 5.02 Å². The van der Waals surface area contributed by atoms with Gasteiger partial charge in [-0.3, -0.25) is 0 Å². The van der Waals surface area contributed by atoms with E-state index < -0.39 is 0 Å². The standard InChI is InChI=1S/C20H26ClNO3/c1-16(23)15-22-9-10-24-11-12-25-20-8-7-19(21)14-18(20)13-17-5-3-2-4-6-17/h2-8,14,16,22-23H,9-13,15H2,1H3. The molecule has 0 bridgehead atoms. The van der Waals surface area contributed by atoms with Crippen LogP contribution >= 0.6 is 11.6 Å². The maximum atomic E-state index is 9.14. The van der Waals surface area contributed by atoms with Gasteiger partial charge < -0.3 is 19.9 Å². The van der Waals surface area contributed by atoms with Crippen LogP contribution in [0.3, 0.4) is 0 Å². The Morgan fingerprint density at radius 3 is 2.64 bits per heavy atom. The molecule has 136 valence electrons. The predicted molar refractivity (Wildman–Crippen MR) is 102 cm³/mol. The molecule has 5 heteroatoms. The smallest absolute Gasteiger partial charge is 0.123 e. The average molecular weight is 364 g/mol. The fourth-order valence-corrected chi connectivity index (χ4v) is 2.61. The second-order valence-electron chi connectivity index (χ2n) is 5.93. The summed E-state index contributed by atoms with van der Waals surface area (Å²) in [5.74, 6) is 0.837. The topological polar surface area (TPSA) is 50.7 Å². The second kappa shape index (κ2) is 11.1. The third-order valence-electron chi connectivity index (χ3n) is 3.61. The van der Waals surface area contributed by atoms with Crippen molar-refractivity contribution >= 4 is 11.6 Å². The third-order valence-corrected chi connectivity index (χ3v) is 3.84. The fourth-order valence-electron chi connectivity index (χ4n) is 2.41. The first kappa shape index (κ1) is 19.7. The molecule has 2 rings (SSSR count). The summed E-state index contributed by atoms with van der Waals surface area (Å²) >= 11 is 6.13. The van der Waals surface area contributed by atoms with Crippen molar-refractivity contribution in [1.82, 2.24) is 5.32 Å². The zero-order valence-corrected chi connectivity index (χ0v) is 15.3. The van der Waals surface area contributed by atoms with Crippen LogP contribution in [0.1, 0.15) is 18.1 Å². The Bertz CT molecular complexity index is 620. The highest BCUT2D eigenvalue weighted by molar-refractivity contribution is 6.30. The highest BCUT2D eigenvalue weighted by atomic mass is 35.5. The van der Waals surface area contributed by atoms with Crippen LogP contribution < -0.4 is 10.1 Å². The predicted octanol–water partition coefficient (Wildman–Crippen LogP) is 3.30. The Kier molecular flexibility index (Phi) is 8.77. The van der Waals surface area contributed by atoms with Gasteiger partial charge in [0.1, 0.15) is 12.4 Å². The zero-order chi connectivity index (χ0) is 17.9. The van der Waals surface area contributed by atoms with Crippen LogP contribution in [0.15, 0.2) is 48.5 Å². The van der Waals surface area contributed by atoms with E-state index in [4.69, 9.17) is 26.2 Å². The van der Waals surface area contributed by atoms with E-state index in [2.05, 4.69) is 17.4 Å². The number of benzene rings is 2. The van der Waals surface area contributed by atoms with Gasteiger partial charge in [0.25, 0.3) is 0 Å². The molecule has 0 aliphatic heterocycles. The van der Waals surface area contributed by atoms with Gasteiger partial charge in [-0.05, 0) is 36.2 Å². The molecular weight excluding hydrogens is 338 g/mol. The molecule has 0 aliphatic carbocycles. The Morgan fingerprint density at radius 1 is 1.08 bits per heavy atom. The van der Waals surface area contributed by atoms with Crippen LogP contribution in [0.25, 0.3) is 0 Å². The van der Waals surface area contributed by atoms with Crippen molar-refractivity contribution in [3.63, 3.8) is 0 Å². The maximum Gasteiger partial charge on any atom is 0.123 e. The molecule has 2 aromatic carbocycles. The molecule has 0 radical (unpaired) electrons. The summed E-state index contributed by atoms with van der Waals surface area (Å²) in [6, 6.07) is 15.9. The molecule has 0 aliphatic rings. The minimum absolute atomic E-state index is 0.337. The molecule has 1 atom stereocenters. The first-order valence-corrected chi connectivity index (χ1v) is 8.94. The first-order chi connectivity index (χ1) is 12.1. The second-order valence-corrected chi connectivity index (χ2v) is 6.36. The largest absolute Gasteiger partial charge is 0.491 e. The summed E-state index contributed by atoms with van der Waals surface area (Å²) in [5.41, 5.74) is 2.28. The number of rotatable bonds is 11. The normalized spacial score (nSPS) is 12.1. The average Bonchev–Trinajstić information content (AvgIpc) is 2.59. The molecule has 2 N–H and O–H groups in total. The van der Waals surface area contributed by atoms with E-state index in [9.17, 15) is 0 Å². The van der Waals surface area contributed by atoms with E-state index in [1.54, 1.807) is 6.92 Å². The summed E-state index contributed by atoms with van der Waals surface area (Å²) in [5, 5.41) is 13.0. The quantitative estimate of drug-likeness (QED) is 0.601. The molecule has 4 nitrogen and oxygen atoms in total. The number of aliphatic hydroxyl groups is 1. The number of nitrogens with one attached hydrogen (secondary N) is 1. The fraction of sp³-hybridized carbons (Fsp3) is 0.400. The van der Waals surface area contributed by atoms with Gasteiger partial charge >= 0.3 is 0 Å². The summed E-state index contributed by atoms with van der Waals surface area (Å²) in [6.45, 7) is 4.64. The molecule has 0 aromatic heterocycles. The highest BCUT2D eigenvalue weighted by Crippen LogP contribution is 2.25. The Morgan fingerprint density at radius 2 is 1.88 bits per heavy atom. The van der Waals surface area contributed by atoms with Crippen molar-refractivity contribution < 1.29 is 14.6 Å². The number of hydrogen-bond donors (Lipinski definition) is 2. The lowest BCUT2D eigenvalue weighted by molar-refractivity contribution is 0.0988. The van der Waals surface area contributed by atoms with Gasteiger partial charge in [0.05, 0.1) is 19.3 Å². The van der Waals surface area contributed by atoms with Gasteiger partial charge in [-0.15, -0.1) is 0 Å². The molecule has 0 saturated carbocycles. The van der Waals surface area contributed by atoms with Crippen molar-refractivity contribution in [2.24, 2.45) is 0 Å². The number of halogens is 1. The van der Waals surface area contributed by atoms with E-state index in [0.717, 1.165) is 17.7 Å². The monoisotopic (exact) mass is 363 g/mol. The maximum absolute atomic E-state index is 9.14. The lowest BCUT2D eigenvalue weighted by Crippen LogP contribution is -2.28. The van der Waals surface area contributed by atoms with Crippen LogP contribution in [0.5, 0.6) is 5.75 Å². The molecule has 0 fully saturated rings. The number of ether oxygens (including phenoxy) is 2. The van der Waals surface area contributed by atoms with Crippen LogP contribution in [-0.2, 0) is 11.2 Å². The Hall–Kier alpha value is -1.59. The van der Waals surface area contributed by atoms with E-state index in [0.29, 0.717) is 37.9 Å². The summed E-state index contributed by atoms with van der Waals surface area (Å²) in [4.78, 5) is 0. The highest BCUT2D eigenvalue weighted by Gasteiger charge is 2.06. The van der Waals surface area contributed by atoms with Crippen LogP contribution in [-0.4, -0.2) is 44.1 Å². The Labute approximate surface area is 154 Å². The summed E-state index contributed by atoms with van der Waals surface area (Å²) < 4.78 is 11.4. The molecule has 0 spiro atoms. The van der Waals surface area contributed by atoms with E-state index in [1.165, 1.54) is 5.56 Å². The van der Waals surface area contributed by atoms with Crippen molar-refractivity contribution in [2.75, 3.05) is 32.9 Å². The van der Waals surface area contributed by atoms with Crippen molar-refractivity contribution in [3.8, 4) is 5.75 Å². The van der Waals surface area contributed by atoms with Crippen LogP contribution in [0.4, 0.5) is 0 Å². The summed E-state index contributed by atoms with van der Waals surface area (Å²) in [7, 11) is 0. The molecule has 0 saturated heterocycles. The van der Waals surface area contributed by atoms with E-state index in [1.807, 2.05) is 36.4 Å². The van der Waals surface area contributed by atoms with Gasteiger partial charge in [-0.1, -0.05) is 41.9 Å². The minimum atomic E-state index is -0.337. The van der Waals surface area contributed by atoms with E-state index >= 15 is 0 Å². The third kappa shape index (κ3) is 7.88. The molecule has 25 heavy (non-hydrogen) atoms. The number of aliphatic hydroxyl groups excluding tert-OH is 1. The van der Waals surface area contributed by atoms with Crippen molar-refractivity contribution in [3.05, 3.63) is 64.7 Å². The van der Waals surface area contributed by atoms with Gasteiger partial charge in [0.15, 0.2) is 0 Å². The van der Waals surface area contributed by atoms with Gasteiger partial charge in [0, 0.05) is 24.5 Å². The number of hydrogen-bond acceptors (Lipinski definition) is 4. The van der Waals surface area contributed by atoms with Crippen LogP contribution in [0, 0.1) is 0 Å². The van der Waals surface area contributed by atoms with Crippen molar-refractivity contribution in [1.29, 1.82) is 0 Å². The molecule has 2 aromatic rings. The lowest BCUT2D eigenvalue weighted by Gasteiger charge is -2.13. The van der Waals surface area contributed by atoms with Gasteiger partial charge in [-0.25, -0.2) is 0 Å². The molecular formula is C20H26ClNO3.